The summed E-state index contributed by atoms with van der Waals surface area (Å²) in [5.74, 6) is 1.15. The van der Waals surface area contributed by atoms with Gasteiger partial charge in [-0.2, -0.15) is 0 Å². The van der Waals surface area contributed by atoms with Crippen LogP contribution < -0.4 is 0 Å². The molecule has 3 nitrogen and oxygen atoms in total. The fraction of sp³-hybridized carbons (Fsp3) is 0.538. The summed E-state index contributed by atoms with van der Waals surface area (Å²) in [5.41, 5.74) is -0.129. The van der Waals surface area contributed by atoms with Gasteiger partial charge in [-0.15, -0.1) is 0 Å². The number of imidazole rings is 1. The summed E-state index contributed by atoms with van der Waals surface area (Å²) in [6.45, 7) is 8.72. The fourth-order valence-electron chi connectivity index (χ4n) is 1.80. The minimum absolute atomic E-state index is 0.129. The Balaban J connectivity index is 3.36. The third-order valence-corrected chi connectivity index (χ3v) is 3.98. The van der Waals surface area contributed by atoms with Crippen LogP contribution in [0.2, 0.25) is 0 Å². The Kier molecular flexibility index (Phi) is 4.91. The molecule has 0 radical (unpaired) electrons. The first kappa shape index (κ1) is 14.4. The summed E-state index contributed by atoms with van der Waals surface area (Å²) >= 11 is 2.28. The predicted octanol–water partition coefficient (Wildman–Crippen LogP) is 3.82. The van der Waals surface area contributed by atoms with E-state index in [1.807, 2.05) is 6.20 Å². The molecule has 1 rings (SSSR count). The van der Waals surface area contributed by atoms with Crippen molar-refractivity contribution < 1.29 is 0 Å². The number of hydrogen-bond donors (Lipinski definition) is 1. The van der Waals surface area contributed by atoms with Crippen LogP contribution in [0.3, 0.4) is 0 Å². The summed E-state index contributed by atoms with van der Waals surface area (Å²) < 4.78 is 3.20. The topological polar surface area (TPSA) is 41.7 Å². The largest absolute Gasteiger partial charge is 0.309 e. The van der Waals surface area contributed by atoms with Crippen LogP contribution in [-0.2, 0) is 5.54 Å². The number of rotatable bonds is 5. The zero-order valence-electron chi connectivity index (χ0n) is 10.9. The van der Waals surface area contributed by atoms with E-state index in [2.05, 4.69) is 72.0 Å². The number of halogens is 1. The standard InChI is InChI=1S/C13H20IN3/c1-5-6-7-13(4,10(2)3)17-11(14)9-16-12(17)8-15/h6-10,15H,5H2,1-4H3/b7-6-,15-8?. The lowest BCUT2D eigenvalue weighted by molar-refractivity contribution is 0.287. The SMILES string of the molecule is CC/C=C\C(C)(C(C)C)n1c(I)cnc1C=N. The van der Waals surface area contributed by atoms with Crippen LogP contribution in [-0.4, -0.2) is 15.8 Å². The molecule has 0 fully saturated rings. The summed E-state index contributed by atoms with van der Waals surface area (Å²) in [4.78, 5) is 4.27. The van der Waals surface area contributed by atoms with Gasteiger partial charge in [0.15, 0.2) is 5.82 Å². The highest BCUT2D eigenvalue weighted by atomic mass is 127. The van der Waals surface area contributed by atoms with Gasteiger partial charge in [0, 0.05) is 0 Å². The summed E-state index contributed by atoms with van der Waals surface area (Å²) in [6.07, 6.45) is 8.58. The van der Waals surface area contributed by atoms with Crippen LogP contribution in [0.4, 0.5) is 0 Å². The van der Waals surface area contributed by atoms with Gasteiger partial charge in [0.05, 0.1) is 18.0 Å². The third kappa shape index (κ3) is 2.78. The highest BCUT2D eigenvalue weighted by Gasteiger charge is 2.30. The molecular weight excluding hydrogens is 325 g/mol. The van der Waals surface area contributed by atoms with Crippen molar-refractivity contribution in [1.82, 2.24) is 9.55 Å². The van der Waals surface area contributed by atoms with Crippen LogP contribution in [0, 0.1) is 15.0 Å². The van der Waals surface area contributed by atoms with Crippen molar-refractivity contribution in [1.29, 1.82) is 5.41 Å². The third-order valence-electron chi connectivity index (χ3n) is 3.22. The monoisotopic (exact) mass is 345 g/mol. The molecule has 0 spiro atoms. The lowest BCUT2D eigenvalue weighted by Gasteiger charge is -2.34. The van der Waals surface area contributed by atoms with Gasteiger partial charge in [0.25, 0.3) is 0 Å². The fourth-order valence-corrected chi connectivity index (χ4v) is 2.71. The average Bonchev–Trinajstić information content (AvgIpc) is 2.67. The molecule has 1 N–H and O–H groups in total. The number of hydrogen-bond acceptors (Lipinski definition) is 2. The Morgan fingerprint density at radius 1 is 1.59 bits per heavy atom. The van der Waals surface area contributed by atoms with Crippen molar-refractivity contribution in [3.8, 4) is 0 Å². The highest BCUT2D eigenvalue weighted by Crippen LogP contribution is 2.31. The van der Waals surface area contributed by atoms with Crippen LogP contribution in [0.1, 0.15) is 39.9 Å². The van der Waals surface area contributed by atoms with Gasteiger partial charge in [-0.25, -0.2) is 4.98 Å². The summed E-state index contributed by atoms with van der Waals surface area (Å²) in [7, 11) is 0. The van der Waals surface area contributed by atoms with E-state index in [1.165, 1.54) is 6.21 Å². The maximum atomic E-state index is 7.46. The van der Waals surface area contributed by atoms with E-state index < -0.39 is 0 Å². The minimum Gasteiger partial charge on any atom is -0.309 e. The average molecular weight is 345 g/mol. The molecular formula is C13H20IN3. The molecule has 1 aromatic rings. The van der Waals surface area contributed by atoms with Crippen LogP contribution >= 0.6 is 22.6 Å². The van der Waals surface area contributed by atoms with Gasteiger partial charge in [0.1, 0.15) is 3.70 Å². The number of nitrogens with one attached hydrogen (secondary N) is 1. The Morgan fingerprint density at radius 3 is 2.71 bits per heavy atom. The van der Waals surface area contributed by atoms with E-state index in [4.69, 9.17) is 5.41 Å². The molecule has 0 saturated heterocycles. The molecule has 17 heavy (non-hydrogen) atoms. The quantitative estimate of drug-likeness (QED) is 0.492. The first-order chi connectivity index (χ1) is 7.97. The maximum absolute atomic E-state index is 7.46. The second kappa shape index (κ2) is 5.80. The molecule has 1 aromatic heterocycles. The Hall–Kier alpha value is -0.650. The highest BCUT2D eigenvalue weighted by molar-refractivity contribution is 14.1. The second-order valence-corrected chi connectivity index (χ2v) is 5.72. The normalized spacial score (nSPS) is 15.4. The molecule has 0 amide bonds. The molecule has 1 heterocycles. The van der Waals surface area contributed by atoms with E-state index in [9.17, 15) is 0 Å². The smallest absolute Gasteiger partial charge is 0.151 e. The van der Waals surface area contributed by atoms with Crippen LogP contribution in [0.5, 0.6) is 0 Å². The molecule has 4 heteroatoms. The molecule has 0 aliphatic heterocycles. The van der Waals surface area contributed by atoms with Crippen molar-refractivity contribution >= 4 is 28.8 Å². The summed E-state index contributed by atoms with van der Waals surface area (Å²) in [5, 5.41) is 7.46. The van der Waals surface area contributed by atoms with E-state index >= 15 is 0 Å². The zero-order chi connectivity index (χ0) is 13.1. The number of nitrogens with zero attached hydrogens (tertiary/aromatic N) is 2. The Labute approximate surface area is 117 Å². The molecule has 0 bridgehead atoms. The first-order valence-corrected chi connectivity index (χ1v) is 6.97. The zero-order valence-corrected chi connectivity index (χ0v) is 13.0. The van der Waals surface area contributed by atoms with Gasteiger partial charge < -0.3 is 9.98 Å². The van der Waals surface area contributed by atoms with Crippen LogP contribution in [0.15, 0.2) is 18.3 Å². The molecule has 1 atom stereocenters. The Bertz CT molecular complexity index is 420. The van der Waals surface area contributed by atoms with E-state index in [0.29, 0.717) is 11.7 Å². The van der Waals surface area contributed by atoms with Gasteiger partial charge in [-0.1, -0.05) is 32.9 Å². The van der Waals surface area contributed by atoms with Gasteiger partial charge in [-0.3, -0.25) is 0 Å². The van der Waals surface area contributed by atoms with Crippen molar-refractivity contribution in [2.24, 2.45) is 5.92 Å². The van der Waals surface area contributed by atoms with Crippen LogP contribution in [0.25, 0.3) is 0 Å². The number of aromatic nitrogens is 2. The van der Waals surface area contributed by atoms with E-state index in [-0.39, 0.29) is 5.54 Å². The molecule has 1 unspecified atom stereocenters. The second-order valence-electron chi connectivity index (χ2n) is 4.61. The lowest BCUT2D eigenvalue weighted by atomic mass is 9.87. The van der Waals surface area contributed by atoms with Crippen molar-refractivity contribution in [3.05, 3.63) is 27.9 Å². The molecule has 0 saturated carbocycles. The first-order valence-electron chi connectivity index (χ1n) is 5.89. The Morgan fingerprint density at radius 2 is 2.24 bits per heavy atom. The van der Waals surface area contributed by atoms with Crippen molar-refractivity contribution in [2.75, 3.05) is 0 Å². The molecule has 0 aliphatic carbocycles. The molecule has 0 aromatic carbocycles. The van der Waals surface area contributed by atoms with Crippen molar-refractivity contribution in [2.45, 2.75) is 39.7 Å². The predicted molar refractivity (Wildman–Crippen MR) is 80.7 cm³/mol. The lowest BCUT2D eigenvalue weighted by Crippen LogP contribution is -2.36. The van der Waals surface area contributed by atoms with Gasteiger partial charge in [0.2, 0.25) is 0 Å². The van der Waals surface area contributed by atoms with Gasteiger partial charge >= 0.3 is 0 Å². The maximum Gasteiger partial charge on any atom is 0.151 e. The molecule has 0 aliphatic rings. The van der Waals surface area contributed by atoms with E-state index in [0.717, 1.165) is 10.1 Å². The van der Waals surface area contributed by atoms with Gasteiger partial charge in [-0.05, 0) is 41.9 Å². The minimum atomic E-state index is -0.129. The number of allylic oxidation sites excluding steroid dienone is 2. The van der Waals surface area contributed by atoms with Crippen molar-refractivity contribution in [3.63, 3.8) is 0 Å². The molecule has 94 valence electrons. The summed E-state index contributed by atoms with van der Waals surface area (Å²) in [6, 6.07) is 0. The van der Waals surface area contributed by atoms with E-state index in [1.54, 1.807) is 0 Å².